The molecule has 0 aliphatic heterocycles. The summed E-state index contributed by atoms with van der Waals surface area (Å²) in [6.45, 7) is 2.03. The number of hydrogen-bond acceptors (Lipinski definition) is 2. The Morgan fingerprint density at radius 2 is 1.86 bits per heavy atom. The van der Waals surface area contributed by atoms with Crippen molar-refractivity contribution < 1.29 is 5.11 Å². The van der Waals surface area contributed by atoms with Crippen molar-refractivity contribution >= 4 is 27.0 Å². The SMILES string of the molecule is Cc1ccccc1CC(O)c1cc2[nH]c(=O)[nH]c2cc1Br. The second kappa shape index (κ2) is 5.50. The van der Waals surface area contributed by atoms with Crippen LogP contribution in [0.4, 0.5) is 0 Å². The molecular weight excluding hydrogens is 332 g/mol. The minimum atomic E-state index is -0.636. The van der Waals surface area contributed by atoms with E-state index in [9.17, 15) is 9.90 Å². The van der Waals surface area contributed by atoms with Crippen LogP contribution in [0.3, 0.4) is 0 Å². The summed E-state index contributed by atoms with van der Waals surface area (Å²) in [5.74, 6) is 0. The van der Waals surface area contributed by atoms with Gasteiger partial charge in [0.15, 0.2) is 0 Å². The molecule has 0 fully saturated rings. The van der Waals surface area contributed by atoms with Crippen molar-refractivity contribution in [3.8, 4) is 0 Å². The maximum atomic E-state index is 11.3. The summed E-state index contributed by atoms with van der Waals surface area (Å²) in [6, 6.07) is 11.6. The number of aromatic nitrogens is 2. The van der Waals surface area contributed by atoms with Crippen LogP contribution in [0.15, 0.2) is 45.7 Å². The molecule has 0 bridgehead atoms. The first-order chi connectivity index (χ1) is 10.0. The van der Waals surface area contributed by atoms with Crippen molar-refractivity contribution in [1.82, 2.24) is 9.97 Å². The zero-order valence-electron chi connectivity index (χ0n) is 11.5. The Bertz CT molecular complexity index is 851. The molecule has 5 heteroatoms. The van der Waals surface area contributed by atoms with Crippen LogP contribution >= 0.6 is 15.9 Å². The normalized spacial score (nSPS) is 12.7. The lowest BCUT2D eigenvalue weighted by Crippen LogP contribution is -2.04. The lowest BCUT2D eigenvalue weighted by molar-refractivity contribution is 0.177. The molecule has 0 amide bonds. The molecule has 0 aliphatic carbocycles. The van der Waals surface area contributed by atoms with E-state index in [1.54, 1.807) is 6.07 Å². The Labute approximate surface area is 130 Å². The van der Waals surface area contributed by atoms with Gasteiger partial charge < -0.3 is 15.1 Å². The van der Waals surface area contributed by atoms with E-state index >= 15 is 0 Å². The van der Waals surface area contributed by atoms with E-state index in [0.717, 1.165) is 26.7 Å². The van der Waals surface area contributed by atoms with E-state index in [0.29, 0.717) is 11.9 Å². The Morgan fingerprint density at radius 3 is 2.57 bits per heavy atom. The number of halogens is 1. The highest BCUT2D eigenvalue weighted by molar-refractivity contribution is 9.10. The van der Waals surface area contributed by atoms with Crippen LogP contribution in [-0.2, 0) is 6.42 Å². The number of aliphatic hydroxyl groups is 1. The molecule has 3 aromatic rings. The molecule has 108 valence electrons. The molecule has 3 N–H and O–H groups in total. The van der Waals surface area contributed by atoms with Gasteiger partial charge in [0.25, 0.3) is 0 Å². The third-order valence-electron chi connectivity index (χ3n) is 3.67. The van der Waals surface area contributed by atoms with Gasteiger partial charge in [0.2, 0.25) is 0 Å². The minimum absolute atomic E-state index is 0.248. The molecule has 0 radical (unpaired) electrons. The molecule has 1 aromatic heterocycles. The number of hydrogen-bond donors (Lipinski definition) is 3. The zero-order valence-corrected chi connectivity index (χ0v) is 13.1. The molecule has 1 atom stereocenters. The van der Waals surface area contributed by atoms with Gasteiger partial charge in [-0.3, -0.25) is 0 Å². The van der Waals surface area contributed by atoms with Crippen LogP contribution in [0.5, 0.6) is 0 Å². The minimum Gasteiger partial charge on any atom is -0.388 e. The van der Waals surface area contributed by atoms with Gasteiger partial charge in [0, 0.05) is 10.9 Å². The van der Waals surface area contributed by atoms with Crippen LogP contribution in [-0.4, -0.2) is 15.1 Å². The van der Waals surface area contributed by atoms with Crippen LogP contribution < -0.4 is 5.69 Å². The highest BCUT2D eigenvalue weighted by atomic mass is 79.9. The van der Waals surface area contributed by atoms with E-state index in [1.165, 1.54) is 0 Å². The van der Waals surface area contributed by atoms with Gasteiger partial charge in [0.05, 0.1) is 17.1 Å². The van der Waals surface area contributed by atoms with Crippen LogP contribution in [0.1, 0.15) is 22.8 Å². The maximum absolute atomic E-state index is 11.3. The predicted octanol–water partition coefficient (Wildman–Crippen LogP) is 3.20. The molecule has 2 aromatic carbocycles. The van der Waals surface area contributed by atoms with E-state index in [1.807, 2.05) is 37.3 Å². The molecule has 1 unspecified atom stereocenters. The number of H-pyrrole nitrogens is 2. The lowest BCUT2D eigenvalue weighted by Gasteiger charge is -2.14. The highest BCUT2D eigenvalue weighted by Gasteiger charge is 2.15. The smallest absolute Gasteiger partial charge is 0.323 e. The number of aliphatic hydroxyl groups excluding tert-OH is 1. The Kier molecular flexibility index (Phi) is 3.69. The fraction of sp³-hybridized carbons (Fsp3) is 0.188. The van der Waals surface area contributed by atoms with Crippen molar-refractivity contribution in [1.29, 1.82) is 0 Å². The summed E-state index contributed by atoms with van der Waals surface area (Å²) in [4.78, 5) is 16.7. The van der Waals surface area contributed by atoms with Gasteiger partial charge in [-0.25, -0.2) is 4.79 Å². The molecule has 0 aliphatic rings. The molecule has 1 heterocycles. The van der Waals surface area contributed by atoms with Gasteiger partial charge in [-0.1, -0.05) is 40.2 Å². The standard InChI is InChI=1S/C16H15BrN2O2/c1-9-4-2-3-5-10(9)6-15(20)11-7-13-14(8-12(11)17)19-16(21)18-13/h2-5,7-8,15,20H,6H2,1H3,(H2,18,19,21). The topological polar surface area (TPSA) is 68.9 Å². The van der Waals surface area contributed by atoms with Gasteiger partial charge >= 0.3 is 5.69 Å². The third-order valence-corrected chi connectivity index (χ3v) is 4.35. The van der Waals surface area contributed by atoms with Crippen molar-refractivity contribution in [3.05, 3.63) is 68.0 Å². The average Bonchev–Trinajstić information content (AvgIpc) is 2.79. The Balaban J connectivity index is 1.97. The van der Waals surface area contributed by atoms with Crippen LogP contribution in [0.25, 0.3) is 11.0 Å². The van der Waals surface area contributed by atoms with Crippen molar-refractivity contribution in [2.45, 2.75) is 19.4 Å². The molecule has 21 heavy (non-hydrogen) atoms. The summed E-state index contributed by atoms with van der Waals surface area (Å²) in [5.41, 5.74) is 4.20. The lowest BCUT2D eigenvalue weighted by atomic mass is 9.98. The molecule has 3 rings (SSSR count). The predicted molar refractivity (Wildman–Crippen MR) is 86.5 cm³/mol. The second-order valence-corrected chi connectivity index (χ2v) is 6.00. The van der Waals surface area contributed by atoms with Crippen molar-refractivity contribution in [3.63, 3.8) is 0 Å². The number of aromatic amines is 2. The first-order valence-corrected chi connectivity index (χ1v) is 7.48. The molecule has 0 saturated carbocycles. The van der Waals surface area contributed by atoms with Gasteiger partial charge in [-0.05, 0) is 35.7 Å². The fourth-order valence-corrected chi connectivity index (χ4v) is 3.09. The van der Waals surface area contributed by atoms with E-state index in [4.69, 9.17) is 0 Å². The molecular formula is C16H15BrN2O2. The van der Waals surface area contributed by atoms with Crippen molar-refractivity contribution in [2.24, 2.45) is 0 Å². The number of nitrogens with one attached hydrogen (secondary N) is 2. The fourth-order valence-electron chi connectivity index (χ4n) is 2.49. The molecule has 0 saturated heterocycles. The number of imidazole rings is 1. The summed E-state index contributed by atoms with van der Waals surface area (Å²) in [6.07, 6.45) is -0.103. The Hall–Kier alpha value is -1.85. The van der Waals surface area contributed by atoms with Crippen molar-refractivity contribution in [2.75, 3.05) is 0 Å². The van der Waals surface area contributed by atoms with Crippen LogP contribution in [0.2, 0.25) is 0 Å². The number of fused-ring (bicyclic) bond motifs is 1. The number of benzene rings is 2. The summed E-state index contributed by atoms with van der Waals surface area (Å²) in [5, 5.41) is 10.5. The van der Waals surface area contributed by atoms with Gasteiger partial charge in [-0.15, -0.1) is 0 Å². The quantitative estimate of drug-likeness (QED) is 0.681. The molecule has 0 spiro atoms. The second-order valence-electron chi connectivity index (χ2n) is 5.14. The first kappa shape index (κ1) is 14.1. The zero-order chi connectivity index (χ0) is 15.0. The van der Waals surface area contributed by atoms with Crippen LogP contribution in [0, 0.1) is 6.92 Å². The maximum Gasteiger partial charge on any atom is 0.323 e. The summed E-state index contributed by atoms with van der Waals surface area (Å²) < 4.78 is 0.784. The number of rotatable bonds is 3. The van der Waals surface area contributed by atoms with E-state index in [2.05, 4.69) is 25.9 Å². The highest BCUT2D eigenvalue weighted by Crippen LogP contribution is 2.29. The Morgan fingerprint density at radius 1 is 1.19 bits per heavy atom. The summed E-state index contributed by atoms with van der Waals surface area (Å²) in [7, 11) is 0. The molecule has 4 nitrogen and oxygen atoms in total. The average molecular weight is 347 g/mol. The van der Waals surface area contributed by atoms with Gasteiger partial charge in [0.1, 0.15) is 0 Å². The number of aryl methyl sites for hydroxylation is 1. The summed E-state index contributed by atoms with van der Waals surface area (Å²) >= 11 is 3.46. The van der Waals surface area contributed by atoms with E-state index < -0.39 is 6.10 Å². The third kappa shape index (κ3) is 2.80. The van der Waals surface area contributed by atoms with E-state index in [-0.39, 0.29) is 5.69 Å². The largest absolute Gasteiger partial charge is 0.388 e. The van der Waals surface area contributed by atoms with Gasteiger partial charge in [-0.2, -0.15) is 0 Å². The first-order valence-electron chi connectivity index (χ1n) is 6.68. The monoisotopic (exact) mass is 346 g/mol.